The summed E-state index contributed by atoms with van der Waals surface area (Å²) in [6, 6.07) is 8.88. The van der Waals surface area contributed by atoms with Gasteiger partial charge in [0.05, 0.1) is 0 Å². The second-order valence-electron chi connectivity index (χ2n) is 5.40. The summed E-state index contributed by atoms with van der Waals surface area (Å²) in [5.41, 5.74) is 0.805. The molecule has 0 saturated carbocycles. The van der Waals surface area contributed by atoms with Crippen LogP contribution in [-0.4, -0.2) is 26.9 Å². The van der Waals surface area contributed by atoms with E-state index in [2.05, 4.69) is 4.74 Å². The Hall–Kier alpha value is -2.43. The van der Waals surface area contributed by atoms with Gasteiger partial charge < -0.3 is 8.92 Å². The molecule has 0 N–H and O–H groups in total. The van der Waals surface area contributed by atoms with Gasteiger partial charge in [-0.3, -0.25) is 0 Å². The molecule has 0 unspecified atom stereocenters. The first-order valence-corrected chi connectivity index (χ1v) is 8.61. The van der Waals surface area contributed by atoms with Gasteiger partial charge in [0, 0.05) is 0 Å². The smallest absolute Gasteiger partial charge is 0.434 e. The van der Waals surface area contributed by atoms with Gasteiger partial charge in [-0.15, -0.1) is 0 Å². The molecule has 0 aliphatic rings. The van der Waals surface area contributed by atoms with E-state index in [1.807, 2.05) is 0 Å². The number of alkyl halides is 6. The van der Waals surface area contributed by atoms with E-state index in [0.29, 0.717) is 0 Å². The molecular weight excluding hydrogens is 402 g/mol. The van der Waals surface area contributed by atoms with Crippen molar-refractivity contribution in [3.05, 3.63) is 54.1 Å². The third-order valence-corrected chi connectivity index (χ3v) is 4.45. The summed E-state index contributed by atoms with van der Waals surface area (Å²) in [5, 5.41) is 0. The largest absolute Gasteiger partial charge is 0.471 e. The minimum Gasteiger partial charge on any atom is -0.471 e. The number of aryl methyl sites for hydroxylation is 1. The molecule has 0 saturated heterocycles. The highest BCUT2D eigenvalue weighted by Gasteiger charge is 2.59. The standard InChI is InChI=1S/C16H12F6O4S/c1-10-2-8-13(9-3-10)27(23,24)26-12-6-4-11(5-7-12)25-14(15(17,18)19)16(20,21)22/h2-9,14H,1H3. The van der Waals surface area contributed by atoms with Crippen LogP contribution in [0.2, 0.25) is 0 Å². The molecule has 0 aliphatic carbocycles. The van der Waals surface area contributed by atoms with Crippen LogP contribution in [0.5, 0.6) is 11.5 Å². The summed E-state index contributed by atoms with van der Waals surface area (Å²) >= 11 is 0. The zero-order chi connectivity index (χ0) is 20.5. The van der Waals surface area contributed by atoms with Crippen LogP contribution in [0.25, 0.3) is 0 Å². The molecule has 0 aromatic heterocycles. The molecule has 0 amide bonds. The van der Waals surface area contributed by atoms with Gasteiger partial charge in [-0.2, -0.15) is 34.8 Å². The lowest BCUT2D eigenvalue weighted by molar-refractivity contribution is -0.299. The highest BCUT2D eigenvalue weighted by atomic mass is 32.2. The molecule has 11 heteroatoms. The van der Waals surface area contributed by atoms with Crippen molar-refractivity contribution in [1.82, 2.24) is 0 Å². The van der Waals surface area contributed by atoms with Crippen LogP contribution in [0.1, 0.15) is 5.56 Å². The van der Waals surface area contributed by atoms with E-state index >= 15 is 0 Å². The fourth-order valence-electron chi connectivity index (χ4n) is 1.91. The third kappa shape index (κ3) is 5.52. The summed E-state index contributed by atoms with van der Waals surface area (Å²) in [4.78, 5) is -0.164. The predicted octanol–water partition coefficient (Wildman–Crippen LogP) is 4.63. The number of ether oxygens (including phenoxy) is 1. The number of halogens is 6. The van der Waals surface area contributed by atoms with Crippen molar-refractivity contribution < 1.29 is 43.7 Å². The van der Waals surface area contributed by atoms with Gasteiger partial charge in [0.25, 0.3) is 6.10 Å². The van der Waals surface area contributed by atoms with E-state index < -0.39 is 34.3 Å². The van der Waals surface area contributed by atoms with Gasteiger partial charge in [0.1, 0.15) is 16.4 Å². The number of rotatable bonds is 5. The molecule has 148 valence electrons. The van der Waals surface area contributed by atoms with E-state index in [9.17, 15) is 34.8 Å². The van der Waals surface area contributed by atoms with Crippen molar-refractivity contribution in [3.63, 3.8) is 0 Å². The molecule has 2 aromatic carbocycles. The van der Waals surface area contributed by atoms with Crippen LogP contribution in [-0.2, 0) is 10.1 Å². The maximum Gasteiger partial charge on any atom is 0.434 e. The van der Waals surface area contributed by atoms with Crippen LogP contribution in [0, 0.1) is 6.92 Å². The van der Waals surface area contributed by atoms with Crippen LogP contribution in [0.3, 0.4) is 0 Å². The molecule has 0 aliphatic heterocycles. The summed E-state index contributed by atoms with van der Waals surface area (Å²) in [6.07, 6.45) is -15.3. The highest BCUT2D eigenvalue weighted by molar-refractivity contribution is 7.87. The molecule has 27 heavy (non-hydrogen) atoms. The Labute approximate surface area is 150 Å². The second-order valence-corrected chi connectivity index (χ2v) is 6.95. The molecule has 2 rings (SSSR count). The average molecular weight is 414 g/mol. The Balaban J connectivity index is 2.16. The molecule has 4 nitrogen and oxygen atoms in total. The summed E-state index contributed by atoms with van der Waals surface area (Å²) in [7, 11) is -4.21. The van der Waals surface area contributed by atoms with Gasteiger partial charge >= 0.3 is 22.5 Å². The van der Waals surface area contributed by atoms with Gasteiger partial charge in [0.15, 0.2) is 0 Å². The van der Waals surface area contributed by atoms with Crippen LogP contribution in [0.4, 0.5) is 26.3 Å². The van der Waals surface area contributed by atoms with Crippen molar-refractivity contribution >= 4 is 10.1 Å². The van der Waals surface area contributed by atoms with E-state index in [-0.39, 0.29) is 10.6 Å². The first-order valence-electron chi connectivity index (χ1n) is 7.20. The normalized spacial score (nSPS) is 12.9. The highest BCUT2D eigenvalue weighted by Crippen LogP contribution is 2.36. The minimum atomic E-state index is -5.66. The maximum absolute atomic E-state index is 12.5. The number of hydrogen-bond donors (Lipinski definition) is 0. The molecule has 0 bridgehead atoms. The fraction of sp³-hybridized carbons (Fsp3) is 0.250. The van der Waals surface area contributed by atoms with Crippen molar-refractivity contribution in [1.29, 1.82) is 0 Å². The second kappa shape index (κ2) is 7.29. The van der Waals surface area contributed by atoms with Crippen molar-refractivity contribution in [3.8, 4) is 11.5 Å². The lowest BCUT2D eigenvalue weighted by atomic mass is 10.2. The predicted molar refractivity (Wildman–Crippen MR) is 82.0 cm³/mol. The minimum absolute atomic E-state index is 0.164. The van der Waals surface area contributed by atoms with E-state index in [1.165, 1.54) is 24.3 Å². The summed E-state index contributed by atoms with van der Waals surface area (Å²) in [5.74, 6) is -1.06. The van der Waals surface area contributed by atoms with Crippen LogP contribution < -0.4 is 8.92 Å². The molecule has 2 aromatic rings. The summed E-state index contributed by atoms with van der Waals surface area (Å²) in [6.45, 7) is 1.74. The molecule has 0 atom stereocenters. The monoisotopic (exact) mass is 414 g/mol. The Bertz CT molecular complexity index is 857. The molecule has 0 fully saturated rings. The fourth-order valence-corrected chi connectivity index (χ4v) is 2.84. The van der Waals surface area contributed by atoms with Crippen molar-refractivity contribution in [2.45, 2.75) is 30.3 Å². The van der Waals surface area contributed by atoms with Gasteiger partial charge in [-0.1, -0.05) is 17.7 Å². The number of hydrogen-bond acceptors (Lipinski definition) is 4. The Morgan fingerprint density at radius 1 is 0.778 bits per heavy atom. The average Bonchev–Trinajstić information content (AvgIpc) is 2.52. The molecule has 0 heterocycles. The van der Waals surface area contributed by atoms with Crippen molar-refractivity contribution in [2.24, 2.45) is 0 Å². The quantitative estimate of drug-likeness (QED) is 0.529. The molecule has 0 spiro atoms. The SMILES string of the molecule is Cc1ccc(S(=O)(=O)Oc2ccc(OC(C(F)(F)F)C(F)(F)F)cc2)cc1. The van der Waals surface area contributed by atoms with E-state index in [0.717, 1.165) is 29.8 Å². The van der Waals surface area contributed by atoms with E-state index in [4.69, 9.17) is 4.18 Å². The topological polar surface area (TPSA) is 52.6 Å². The number of benzene rings is 2. The van der Waals surface area contributed by atoms with E-state index in [1.54, 1.807) is 6.92 Å². The Morgan fingerprint density at radius 2 is 1.22 bits per heavy atom. The third-order valence-electron chi connectivity index (χ3n) is 3.19. The van der Waals surface area contributed by atoms with Crippen molar-refractivity contribution in [2.75, 3.05) is 0 Å². The maximum atomic E-state index is 12.5. The Morgan fingerprint density at radius 3 is 1.67 bits per heavy atom. The zero-order valence-electron chi connectivity index (χ0n) is 13.5. The lowest BCUT2D eigenvalue weighted by Crippen LogP contribution is -2.46. The van der Waals surface area contributed by atoms with Crippen LogP contribution >= 0.6 is 0 Å². The Kier molecular flexibility index (Phi) is 5.64. The van der Waals surface area contributed by atoms with Gasteiger partial charge in [-0.25, -0.2) is 0 Å². The first-order chi connectivity index (χ1) is 12.3. The molecule has 0 radical (unpaired) electrons. The van der Waals surface area contributed by atoms with Crippen LogP contribution in [0.15, 0.2) is 53.4 Å². The lowest BCUT2D eigenvalue weighted by Gasteiger charge is -2.23. The zero-order valence-corrected chi connectivity index (χ0v) is 14.3. The molecular formula is C16H12F6O4S. The summed E-state index contributed by atoms with van der Waals surface area (Å²) < 4.78 is 108. The van der Waals surface area contributed by atoms with Gasteiger partial charge in [0.2, 0.25) is 0 Å². The first kappa shape index (κ1) is 20.9. The van der Waals surface area contributed by atoms with Gasteiger partial charge in [-0.05, 0) is 43.3 Å².